The van der Waals surface area contributed by atoms with Gasteiger partial charge in [-0.3, -0.25) is 9.59 Å². The normalized spacial score (nSPS) is 19.5. The number of carboxylic acid groups (broad SMARTS) is 1. The van der Waals surface area contributed by atoms with Crippen molar-refractivity contribution in [3.05, 3.63) is 35.4 Å². The van der Waals surface area contributed by atoms with Crippen LogP contribution in [0.1, 0.15) is 37.6 Å². The Hall–Kier alpha value is -2.51. The Morgan fingerprint density at radius 2 is 1.83 bits per heavy atom. The molecule has 2 amide bonds. The summed E-state index contributed by atoms with van der Waals surface area (Å²) in [5, 5.41) is 9.02. The fraction of sp³-hybridized carbons (Fsp3) is 0.438. The molecule has 1 saturated carbocycles. The molecule has 1 aromatic rings. The van der Waals surface area contributed by atoms with Crippen LogP contribution in [0.4, 0.5) is 13.6 Å². The van der Waals surface area contributed by atoms with E-state index in [1.165, 1.54) is 0 Å². The highest BCUT2D eigenvalue weighted by Crippen LogP contribution is 2.37. The van der Waals surface area contributed by atoms with Gasteiger partial charge in [-0.2, -0.15) is 0 Å². The fourth-order valence-electron chi connectivity index (χ4n) is 2.18. The number of imide groups is 1. The van der Waals surface area contributed by atoms with Crippen LogP contribution in [0.2, 0.25) is 0 Å². The molecule has 8 heteroatoms. The van der Waals surface area contributed by atoms with Crippen LogP contribution in [0.5, 0.6) is 0 Å². The van der Waals surface area contributed by atoms with Crippen LogP contribution in [0.15, 0.2) is 18.2 Å². The number of carboxylic acids is 1. The maximum absolute atomic E-state index is 13.3. The summed E-state index contributed by atoms with van der Waals surface area (Å²) in [4.78, 5) is 36.5. The van der Waals surface area contributed by atoms with Crippen molar-refractivity contribution in [3.63, 3.8) is 0 Å². The van der Waals surface area contributed by atoms with Gasteiger partial charge in [-0.1, -0.05) is 0 Å². The summed E-state index contributed by atoms with van der Waals surface area (Å²) in [5.41, 5.74) is -1.17. The number of carbonyl (C=O) groups excluding carboxylic acids is 2. The number of aliphatic carboxylic acids is 1. The predicted molar refractivity (Wildman–Crippen MR) is 78.3 cm³/mol. The molecular weight excluding hydrogens is 324 g/mol. The van der Waals surface area contributed by atoms with Gasteiger partial charge in [-0.05, 0) is 45.4 Å². The van der Waals surface area contributed by atoms with E-state index >= 15 is 0 Å². The highest BCUT2D eigenvalue weighted by atomic mass is 19.2. The van der Waals surface area contributed by atoms with Gasteiger partial charge in [0.05, 0.1) is 12.0 Å². The van der Waals surface area contributed by atoms with Crippen LogP contribution < -0.4 is 0 Å². The predicted octanol–water partition coefficient (Wildman–Crippen LogP) is 2.82. The van der Waals surface area contributed by atoms with Crippen molar-refractivity contribution in [2.75, 3.05) is 0 Å². The van der Waals surface area contributed by atoms with Crippen LogP contribution >= 0.6 is 0 Å². The second-order valence-electron chi connectivity index (χ2n) is 6.53. The van der Waals surface area contributed by atoms with Crippen molar-refractivity contribution >= 4 is 18.0 Å². The van der Waals surface area contributed by atoms with Crippen LogP contribution in [-0.4, -0.2) is 39.6 Å². The monoisotopic (exact) mass is 341 g/mol. The summed E-state index contributed by atoms with van der Waals surface area (Å²) in [5.74, 6) is -5.35. The third kappa shape index (κ3) is 3.87. The van der Waals surface area contributed by atoms with E-state index in [1.54, 1.807) is 20.8 Å². The van der Waals surface area contributed by atoms with Crippen molar-refractivity contribution in [2.45, 2.75) is 38.8 Å². The van der Waals surface area contributed by atoms with Crippen molar-refractivity contribution in [1.82, 2.24) is 4.90 Å². The van der Waals surface area contributed by atoms with Gasteiger partial charge in [0.1, 0.15) is 5.60 Å². The Balaban J connectivity index is 2.31. The lowest BCUT2D eigenvalue weighted by molar-refractivity contribution is -0.138. The quantitative estimate of drug-likeness (QED) is 0.914. The third-order valence-electron chi connectivity index (χ3n) is 3.38. The Morgan fingerprint density at radius 1 is 1.21 bits per heavy atom. The molecule has 0 heterocycles. The Labute approximate surface area is 137 Å². The zero-order chi connectivity index (χ0) is 18.2. The Morgan fingerprint density at radius 3 is 2.29 bits per heavy atom. The zero-order valence-corrected chi connectivity index (χ0v) is 13.4. The van der Waals surface area contributed by atoms with Gasteiger partial charge in [-0.15, -0.1) is 0 Å². The molecule has 130 valence electrons. The number of nitrogens with zero attached hydrogens (tertiary/aromatic N) is 1. The lowest BCUT2D eigenvalue weighted by atomic mass is 10.1. The molecule has 0 saturated heterocycles. The minimum atomic E-state index is -1.24. The molecule has 0 aromatic heterocycles. The maximum Gasteiger partial charge on any atom is 0.417 e. The minimum Gasteiger partial charge on any atom is -0.481 e. The van der Waals surface area contributed by atoms with E-state index in [1.807, 2.05) is 0 Å². The summed E-state index contributed by atoms with van der Waals surface area (Å²) >= 11 is 0. The molecule has 1 fully saturated rings. The van der Waals surface area contributed by atoms with Crippen LogP contribution in [0, 0.1) is 17.6 Å². The molecule has 0 bridgehead atoms. The average Bonchev–Trinajstić information content (AvgIpc) is 3.20. The first-order chi connectivity index (χ1) is 11.0. The van der Waals surface area contributed by atoms with Gasteiger partial charge in [0, 0.05) is 5.56 Å². The van der Waals surface area contributed by atoms with E-state index in [2.05, 4.69) is 0 Å². The summed E-state index contributed by atoms with van der Waals surface area (Å²) in [6, 6.07) is 1.57. The highest BCUT2D eigenvalue weighted by Gasteiger charge is 2.52. The van der Waals surface area contributed by atoms with E-state index in [0.29, 0.717) is 11.0 Å². The molecule has 0 aliphatic heterocycles. The lowest BCUT2D eigenvalue weighted by Gasteiger charge is -2.26. The van der Waals surface area contributed by atoms with Crippen LogP contribution in [0.3, 0.4) is 0 Å². The van der Waals surface area contributed by atoms with Crippen molar-refractivity contribution < 1.29 is 33.0 Å². The minimum absolute atomic E-state index is 0.0873. The van der Waals surface area contributed by atoms with Crippen molar-refractivity contribution in [2.24, 2.45) is 5.92 Å². The van der Waals surface area contributed by atoms with E-state index in [4.69, 9.17) is 9.84 Å². The molecule has 2 rings (SSSR count). The van der Waals surface area contributed by atoms with Crippen LogP contribution in [0.25, 0.3) is 0 Å². The number of ether oxygens (including phenoxy) is 1. The third-order valence-corrected chi connectivity index (χ3v) is 3.38. The van der Waals surface area contributed by atoms with Gasteiger partial charge in [0.25, 0.3) is 5.91 Å². The maximum atomic E-state index is 13.3. The van der Waals surface area contributed by atoms with E-state index in [9.17, 15) is 23.2 Å². The standard InChI is InChI=1S/C16H17F2NO5/c1-16(2,3)24-15(23)19(12-7-9(12)14(21)22)13(20)8-4-5-10(17)11(18)6-8/h4-6,9,12H,7H2,1-3H3,(H,21,22). The first-order valence-corrected chi connectivity index (χ1v) is 7.25. The average molecular weight is 341 g/mol. The first-order valence-electron chi connectivity index (χ1n) is 7.25. The van der Waals surface area contributed by atoms with Gasteiger partial charge in [-0.25, -0.2) is 18.5 Å². The first kappa shape index (κ1) is 17.8. The SMILES string of the molecule is CC(C)(C)OC(=O)N(C(=O)c1ccc(F)c(F)c1)C1CC1C(=O)O. The van der Waals surface area contributed by atoms with Crippen molar-refractivity contribution in [3.8, 4) is 0 Å². The zero-order valence-electron chi connectivity index (χ0n) is 13.4. The summed E-state index contributed by atoms with van der Waals surface area (Å²) in [7, 11) is 0. The molecule has 6 nitrogen and oxygen atoms in total. The number of hydrogen-bond acceptors (Lipinski definition) is 4. The number of amides is 2. The van der Waals surface area contributed by atoms with E-state index in [0.717, 1.165) is 12.1 Å². The summed E-state index contributed by atoms with van der Waals surface area (Å²) in [6.07, 6.45) is -0.935. The topological polar surface area (TPSA) is 83.9 Å². The molecule has 2 atom stereocenters. The number of halogens is 2. The van der Waals surface area contributed by atoms with E-state index < -0.39 is 47.2 Å². The largest absolute Gasteiger partial charge is 0.481 e. The molecule has 0 spiro atoms. The molecule has 1 N–H and O–H groups in total. The fourth-order valence-corrected chi connectivity index (χ4v) is 2.18. The molecule has 2 unspecified atom stereocenters. The summed E-state index contributed by atoms with van der Waals surface area (Å²) < 4.78 is 31.5. The Bertz CT molecular complexity index is 698. The molecule has 0 radical (unpaired) electrons. The van der Waals surface area contributed by atoms with E-state index in [-0.39, 0.29) is 12.0 Å². The smallest absolute Gasteiger partial charge is 0.417 e. The lowest BCUT2D eigenvalue weighted by Crippen LogP contribution is -2.43. The number of rotatable bonds is 3. The van der Waals surface area contributed by atoms with Crippen molar-refractivity contribution in [1.29, 1.82) is 0 Å². The molecule has 24 heavy (non-hydrogen) atoms. The molecule has 1 aliphatic rings. The molecular formula is C16H17F2NO5. The highest BCUT2D eigenvalue weighted by molar-refractivity contribution is 6.04. The second-order valence-corrected chi connectivity index (χ2v) is 6.53. The molecule has 1 aromatic carbocycles. The summed E-state index contributed by atoms with van der Waals surface area (Å²) in [6.45, 7) is 4.77. The number of benzene rings is 1. The second kappa shape index (κ2) is 6.18. The van der Waals surface area contributed by atoms with Crippen LogP contribution in [-0.2, 0) is 9.53 Å². The van der Waals surface area contributed by atoms with Gasteiger partial charge in [0.2, 0.25) is 0 Å². The van der Waals surface area contributed by atoms with Gasteiger partial charge >= 0.3 is 12.1 Å². The van der Waals surface area contributed by atoms with Gasteiger partial charge in [0.15, 0.2) is 11.6 Å². The Kier molecular flexibility index (Phi) is 4.59. The number of carbonyl (C=O) groups is 3. The van der Waals surface area contributed by atoms with Gasteiger partial charge < -0.3 is 9.84 Å². The number of hydrogen-bond donors (Lipinski definition) is 1. The molecule has 1 aliphatic carbocycles.